The lowest BCUT2D eigenvalue weighted by atomic mass is 10.5. The van der Waals surface area contributed by atoms with E-state index in [2.05, 4.69) is 9.97 Å². The second kappa shape index (κ2) is 6.69. The van der Waals surface area contributed by atoms with Gasteiger partial charge >= 0.3 is 0 Å². The van der Waals surface area contributed by atoms with Crippen LogP contribution in [0.15, 0.2) is 12.3 Å². The summed E-state index contributed by atoms with van der Waals surface area (Å²) < 4.78 is 5.02. The molecule has 0 N–H and O–H groups in total. The Balaban J connectivity index is 2.79. The van der Waals surface area contributed by atoms with Crippen LogP contribution in [0, 0.1) is 0 Å². The van der Waals surface area contributed by atoms with Gasteiger partial charge in [0.25, 0.3) is 0 Å². The summed E-state index contributed by atoms with van der Waals surface area (Å²) in [7, 11) is 1.57. The van der Waals surface area contributed by atoms with Crippen LogP contribution >= 0.6 is 23.2 Å². The number of hydrogen-bond donors (Lipinski definition) is 0. The molecule has 0 aliphatic rings. The molecule has 0 aliphatic heterocycles. The van der Waals surface area contributed by atoms with Gasteiger partial charge < -0.3 is 9.64 Å². The fourth-order valence-electron chi connectivity index (χ4n) is 1.11. The molecule has 4 nitrogen and oxygen atoms in total. The van der Waals surface area contributed by atoms with Crippen molar-refractivity contribution < 1.29 is 4.74 Å². The summed E-state index contributed by atoms with van der Waals surface area (Å²) in [5.41, 5.74) is 0. The molecule has 0 aromatic carbocycles. The van der Waals surface area contributed by atoms with Crippen LogP contribution in [0.3, 0.4) is 0 Å². The summed E-state index contributed by atoms with van der Waals surface area (Å²) in [5.74, 6) is 2.15. The minimum atomic E-state index is 0.511. The molecule has 0 aliphatic carbocycles. The Morgan fingerprint density at radius 3 is 2.53 bits per heavy atom. The van der Waals surface area contributed by atoms with Crippen molar-refractivity contribution in [2.24, 2.45) is 0 Å². The zero-order valence-electron chi connectivity index (χ0n) is 8.49. The molecule has 84 valence electrons. The number of anilines is 1. The molecule has 0 radical (unpaired) electrons. The van der Waals surface area contributed by atoms with Crippen LogP contribution in [0.25, 0.3) is 0 Å². The minimum absolute atomic E-state index is 0.511. The minimum Gasteiger partial charge on any atom is -0.481 e. The van der Waals surface area contributed by atoms with E-state index in [1.54, 1.807) is 19.4 Å². The molecule has 15 heavy (non-hydrogen) atoms. The second-order valence-corrected chi connectivity index (χ2v) is 3.52. The Kier molecular flexibility index (Phi) is 5.50. The zero-order valence-corrected chi connectivity index (χ0v) is 10.0. The van der Waals surface area contributed by atoms with Gasteiger partial charge in [-0.25, -0.2) is 4.98 Å². The van der Waals surface area contributed by atoms with Gasteiger partial charge in [-0.2, -0.15) is 4.98 Å². The number of rotatable bonds is 6. The van der Waals surface area contributed by atoms with E-state index in [0.717, 1.165) is 0 Å². The molecule has 0 atom stereocenters. The van der Waals surface area contributed by atoms with Gasteiger partial charge in [-0.15, -0.1) is 23.2 Å². The fraction of sp³-hybridized carbons (Fsp3) is 0.556. The normalized spacial score (nSPS) is 10.1. The first-order valence-electron chi connectivity index (χ1n) is 4.55. The van der Waals surface area contributed by atoms with Crippen molar-refractivity contribution in [2.75, 3.05) is 36.9 Å². The third-order valence-corrected chi connectivity index (χ3v) is 2.16. The highest BCUT2D eigenvalue weighted by Gasteiger charge is 2.08. The first-order chi connectivity index (χ1) is 7.31. The monoisotopic (exact) mass is 249 g/mol. The van der Waals surface area contributed by atoms with E-state index in [0.29, 0.717) is 36.7 Å². The molecule has 1 aromatic heterocycles. The van der Waals surface area contributed by atoms with Gasteiger partial charge in [0, 0.05) is 37.1 Å². The fourth-order valence-corrected chi connectivity index (χ4v) is 1.52. The predicted octanol–water partition coefficient (Wildman–Crippen LogP) is 1.77. The highest BCUT2D eigenvalue weighted by molar-refractivity contribution is 6.18. The van der Waals surface area contributed by atoms with Gasteiger partial charge in [0.05, 0.1) is 7.11 Å². The number of hydrogen-bond acceptors (Lipinski definition) is 4. The molecule has 0 spiro atoms. The molecule has 0 unspecified atom stereocenters. The van der Waals surface area contributed by atoms with Crippen LogP contribution in [0.1, 0.15) is 0 Å². The summed E-state index contributed by atoms with van der Waals surface area (Å²) in [6.45, 7) is 1.34. The molecular weight excluding hydrogens is 237 g/mol. The Morgan fingerprint density at radius 1 is 1.33 bits per heavy atom. The molecule has 1 rings (SSSR count). The topological polar surface area (TPSA) is 38.2 Å². The number of alkyl halides is 2. The first kappa shape index (κ1) is 12.3. The van der Waals surface area contributed by atoms with Crippen LogP contribution in [-0.2, 0) is 0 Å². The van der Waals surface area contributed by atoms with Crippen LogP contribution in [-0.4, -0.2) is 41.9 Å². The highest BCUT2D eigenvalue weighted by atomic mass is 35.5. The molecule has 0 fully saturated rings. The van der Waals surface area contributed by atoms with Crippen LogP contribution in [0.4, 0.5) is 5.95 Å². The summed E-state index contributed by atoms with van der Waals surface area (Å²) in [5, 5.41) is 0. The van der Waals surface area contributed by atoms with Gasteiger partial charge in [-0.3, -0.25) is 0 Å². The van der Waals surface area contributed by atoms with Crippen molar-refractivity contribution in [3.05, 3.63) is 12.3 Å². The van der Waals surface area contributed by atoms with E-state index < -0.39 is 0 Å². The molecule has 1 heterocycles. The third kappa shape index (κ3) is 3.72. The van der Waals surface area contributed by atoms with Crippen LogP contribution in [0.5, 0.6) is 5.88 Å². The largest absolute Gasteiger partial charge is 0.481 e. The summed E-state index contributed by atoms with van der Waals surface area (Å²) in [4.78, 5) is 10.3. The Bertz CT molecular complexity index is 292. The van der Waals surface area contributed by atoms with E-state index in [-0.39, 0.29) is 0 Å². The number of ether oxygens (including phenoxy) is 1. The van der Waals surface area contributed by atoms with Crippen molar-refractivity contribution >= 4 is 29.2 Å². The van der Waals surface area contributed by atoms with Crippen LogP contribution in [0.2, 0.25) is 0 Å². The van der Waals surface area contributed by atoms with E-state index in [1.807, 2.05) is 4.90 Å². The molecule has 0 amide bonds. The predicted molar refractivity (Wildman–Crippen MR) is 62.2 cm³/mol. The van der Waals surface area contributed by atoms with E-state index in [9.17, 15) is 0 Å². The van der Waals surface area contributed by atoms with Gasteiger partial charge in [0.15, 0.2) is 0 Å². The highest BCUT2D eigenvalue weighted by Crippen LogP contribution is 2.12. The summed E-state index contributed by atoms with van der Waals surface area (Å²) >= 11 is 11.4. The average molecular weight is 250 g/mol. The lowest BCUT2D eigenvalue weighted by molar-refractivity contribution is 0.396. The standard InChI is InChI=1S/C9H13Cl2N3O/c1-15-8-2-5-12-9(13-8)14(6-3-10)7-4-11/h2,5H,3-4,6-7H2,1H3. The summed E-state index contributed by atoms with van der Waals surface area (Å²) in [6.07, 6.45) is 1.65. The van der Waals surface area contributed by atoms with Crippen molar-refractivity contribution in [1.29, 1.82) is 0 Å². The third-order valence-electron chi connectivity index (χ3n) is 1.82. The number of halogens is 2. The smallest absolute Gasteiger partial charge is 0.228 e. The molecular formula is C9H13Cl2N3O. The maximum absolute atomic E-state index is 5.68. The van der Waals surface area contributed by atoms with E-state index >= 15 is 0 Å². The van der Waals surface area contributed by atoms with Crippen molar-refractivity contribution in [1.82, 2.24) is 9.97 Å². The molecule has 0 saturated heterocycles. The maximum Gasteiger partial charge on any atom is 0.228 e. The molecule has 6 heteroatoms. The van der Waals surface area contributed by atoms with Gasteiger partial charge in [0.2, 0.25) is 11.8 Å². The van der Waals surface area contributed by atoms with E-state index in [4.69, 9.17) is 27.9 Å². The number of nitrogens with zero attached hydrogens (tertiary/aromatic N) is 3. The van der Waals surface area contributed by atoms with Crippen molar-refractivity contribution in [2.45, 2.75) is 0 Å². The lowest BCUT2D eigenvalue weighted by Gasteiger charge is -2.20. The lowest BCUT2D eigenvalue weighted by Crippen LogP contribution is -2.29. The Morgan fingerprint density at radius 2 is 2.00 bits per heavy atom. The van der Waals surface area contributed by atoms with Crippen molar-refractivity contribution in [3.8, 4) is 5.88 Å². The van der Waals surface area contributed by atoms with Crippen LogP contribution < -0.4 is 9.64 Å². The second-order valence-electron chi connectivity index (χ2n) is 2.76. The molecule has 1 aromatic rings. The Hall–Kier alpha value is -0.740. The van der Waals surface area contributed by atoms with Crippen molar-refractivity contribution in [3.63, 3.8) is 0 Å². The van der Waals surface area contributed by atoms with Gasteiger partial charge in [0.1, 0.15) is 0 Å². The Labute approximate surface area is 99.2 Å². The number of methoxy groups -OCH3 is 1. The molecule has 0 bridgehead atoms. The quantitative estimate of drug-likeness (QED) is 0.721. The van der Waals surface area contributed by atoms with E-state index in [1.165, 1.54) is 0 Å². The average Bonchev–Trinajstić information content (AvgIpc) is 2.29. The van der Waals surface area contributed by atoms with Gasteiger partial charge in [-0.1, -0.05) is 0 Å². The van der Waals surface area contributed by atoms with Gasteiger partial charge in [-0.05, 0) is 0 Å². The SMILES string of the molecule is COc1ccnc(N(CCCl)CCCl)n1. The summed E-state index contributed by atoms with van der Waals surface area (Å²) in [6, 6.07) is 1.70. The molecule has 0 saturated carbocycles. The first-order valence-corrected chi connectivity index (χ1v) is 5.62. The number of aromatic nitrogens is 2. The maximum atomic E-state index is 5.68. The zero-order chi connectivity index (χ0) is 11.1.